The molecule has 3 N–H and O–H groups in total. The van der Waals surface area contributed by atoms with Crippen molar-refractivity contribution in [2.24, 2.45) is 0 Å². The minimum absolute atomic E-state index is 0.0106. The van der Waals surface area contributed by atoms with E-state index < -0.39 is 12.1 Å². The lowest BCUT2D eigenvalue weighted by Gasteiger charge is -2.20. The van der Waals surface area contributed by atoms with Crippen LogP contribution in [-0.2, 0) is 14.3 Å². The second kappa shape index (κ2) is 63.9. The highest BCUT2D eigenvalue weighted by atomic mass is 16.5. The molecule has 0 aromatic rings. The molecule has 0 aliphatic heterocycles. The van der Waals surface area contributed by atoms with Gasteiger partial charge in [-0.25, -0.2) is 0 Å². The molecule has 0 bridgehead atoms. The maximum atomic E-state index is 12.5. The fourth-order valence-electron chi connectivity index (χ4n) is 10.6. The molecule has 6 nitrogen and oxygen atoms in total. The van der Waals surface area contributed by atoms with Crippen LogP contribution in [0.5, 0.6) is 0 Å². The number of allylic oxidation sites excluding steroid dienone is 3. The van der Waals surface area contributed by atoms with Crippen molar-refractivity contribution in [3.05, 3.63) is 24.3 Å². The van der Waals surface area contributed by atoms with Crippen molar-refractivity contribution in [2.75, 3.05) is 13.2 Å². The predicted molar refractivity (Wildman–Crippen MR) is 324 cm³/mol. The molecule has 6 heteroatoms. The summed E-state index contributed by atoms with van der Waals surface area (Å²) in [6.45, 7) is 4.90. The highest BCUT2D eigenvalue weighted by Crippen LogP contribution is 2.18. The van der Waals surface area contributed by atoms with Crippen LogP contribution in [0.4, 0.5) is 0 Å². The molecular weight excluding hydrogens is 911 g/mol. The Morgan fingerprint density at radius 2 is 0.635 bits per heavy atom. The number of amides is 1. The molecule has 0 rings (SSSR count). The standard InChI is InChI=1S/C68H131NO5/c1-3-5-7-9-11-13-15-17-37-40-44-48-52-56-60-66(71)65(64-70)69-67(72)61-57-53-49-45-41-38-35-33-31-29-27-25-23-21-19-18-20-22-24-26-28-30-32-34-36-39-43-47-51-55-59-63-74-68(73)62-58-54-50-46-42-16-14-12-10-8-6-4-2/h12,14,56,60,65-66,70-71H,3-11,13,15-55,57-59,61-64H2,1-2H3,(H,69,72)/b14-12-,60-56+. The summed E-state index contributed by atoms with van der Waals surface area (Å²) in [5.74, 6) is -0.0514. The first-order chi connectivity index (χ1) is 36.5. The van der Waals surface area contributed by atoms with Crippen molar-refractivity contribution in [1.29, 1.82) is 0 Å². The summed E-state index contributed by atoms with van der Waals surface area (Å²) in [6.07, 6.45) is 79.7. The number of hydrogen-bond acceptors (Lipinski definition) is 5. The number of hydrogen-bond donors (Lipinski definition) is 3. The van der Waals surface area contributed by atoms with E-state index in [0.717, 1.165) is 44.9 Å². The summed E-state index contributed by atoms with van der Waals surface area (Å²) in [7, 11) is 0. The fourth-order valence-corrected chi connectivity index (χ4v) is 10.6. The number of aliphatic hydroxyl groups is 2. The first-order valence-corrected chi connectivity index (χ1v) is 33.6. The van der Waals surface area contributed by atoms with E-state index >= 15 is 0 Å². The highest BCUT2D eigenvalue weighted by Gasteiger charge is 2.18. The van der Waals surface area contributed by atoms with Gasteiger partial charge in [0.05, 0.1) is 25.4 Å². The minimum Gasteiger partial charge on any atom is -0.466 e. The van der Waals surface area contributed by atoms with Crippen LogP contribution in [0, 0.1) is 0 Å². The Hall–Kier alpha value is -1.66. The molecule has 0 aromatic carbocycles. The average Bonchev–Trinajstić information content (AvgIpc) is 3.40. The van der Waals surface area contributed by atoms with E-state index in [2.05, 4.69) is 31.3 Å². The third-order valence-corrected chi connectivity index (χ3v) is 15.7. The molecule has 1 amide bonds. The van der Waals surface area contributed by atoms with Crippen molar-refractivity contribution in [1.82, 2.24) is 5.32 Å². The molecule has 2 unspecified atom stereocenters. The van der Waals surface area contributed by atoms with Gasteiger partial charge in [-0.3, -0.25) is 9.59 Å². The van der Waals surface area contributed by atoms with Gasteiger partial charge in [0.25, 0.3) is 0 Å². The van der Waals surface area contributed by atoms with Gasteiger partial charge in [-0.1, -0.05) is 327 Å². The molecule has 0 aliphatic carbocycles. The summed E-state index contributed by atoms with van der Waals surface area (Å²) in [5.41, 5.74) is 0. The Morgan fingerprint density at radius 1 is 0.365 bits per heavy atom. The van der Waals surface area contributed by atoms with Gasteiger partial charge in [-0.05, 0) is 57.8 Å². The Bertz CT molecular complexity index is 1150. The quantitative estimate of drug-likeness (QED) is 0.0320. The number of rotatable bonds is 63. The molecule has 438 valence electrons. The average molecular weight is 1040 g/mol. The van der Waals surface area contributed by atoms with Gasteiger partial charge in [0, 0.05) is 12.8 Å². The molecule has 2 atom stereocenters. The van der Waals surface area contributed by atoms with Crippen molar-refractivity contribution >= 4 is 11.9 Å². The van der Waals surface area contributed by atoms with E-state index in [9.17, 15) is 19.8 Å². The third-order valence-electron chi connectivity index (χ3n) is 15.7. The van der Waals surface area contributed by atoms with Crippen molar-refractivity contribution in [3.63, 3.8) is 0 Å². The van der Waals surface area contributed by atoms with Crippen LogP contribution >= 0.6 is 0 Å². The van der Waals surface area contributed by atoms with Crippen LogP contribution in [-0.4, -0.2) is 47.4 Å². The largest absolute Gasteiger partial charge is 0.466 e. The topological polar surface area (TPSA) is 95.9 Å². The Morgan fingerprint density at radius 3 is 0.986 bits per heavy atom. The molecule has 0 fully saturated rings. The lowest BCUT2D eigenvalue weighted by atomic mass is 10.0. The number of nitrogens with one attached hydrogen (secondary N) is 1. The van der Waals surface area contributed by atoms with E-state index in [4.69, 9.17) is 4.74 Å². The van der Waals surface area contributed by atoms with Gasteiger partial charge in [0.1, 0.15) is 0 Å². The molecule has 0 saturated heterocycles. The van der Waals surface area contributed by atoms with E-state index in [-0.39, 0.29) is 18.5 Å². The van der Waals surface area contributed by atoms with Gasteiger partial charge in [0.15, 0.2) is 0 Å². The molecule has 0 aromatic heterocycles. The van der Waals surface area contributed by atoms with Crippen LogP contribution in [0.25, 0.3) is 0 Å². The van der Waals surface area contributed by atoms with Crippen LogP contribution in [0.3, 0.4) is 0 Å². The summed E-state index contributed by atoms with van der Waals surface area (Å²) < 4.78 is 5.47. The Labute approximate surface area is 462 Å². The number of unbranched alkanes of at least 4 members (excludes halogenated alkanes) is 50. The van der Waals surface area contributed by atoms with Gasteiger partial charge < -0.3 is 20.3 Å². The number of aliphatic hydroxyl groups excluding tert-OH is 2. The molecule has 0 saturated carbocycles. The summed E-state index contributed by atoms with van der Waals surface area (Å²) in [5, 5.41) is 23.1. The van der Waals surface area contributed by atoms with Gasteiger partial charge >= 0.3 is 5.97 Å². The summed E-state index contributed by atoms with van der Waals surface area (Å²) in [6, 6.07) is -0.623. The summed E-state index contributed by atoms with van der Waals surface area (Å²) >= 11 is 0. The summed E-state index contributed by atoms with van der Waals surface area (Å²) in [4.78, 5) is 24.5. The molecule has 0 aliphatic rings. The second-order valence-corrected chi connectivity index (χ2v) is 23.2. The van der Waals surface area contributed by atoms with E-state index in [1.807, 2.05) is 6.08 Å². The highest BCUT2D eigenvalue weighted by molar-refractivity contribution is 5.76. The Balaban J connectivity index is 3.33. The van der Waals surface area contributed by atoms with E-state index in [1.54, 1.807) is 6.08 Å². The van der Waals surface area contributed by atoms with Gasteiger partial charge in [-0.2, -0.15) is 0 Å². The maximum Gasteiger partial charge on any atom is 0.305 e. The minimum atomic E-state index is -0.840. The SMILES string of the molecule is CCCCC/C=C\CCCCCCCC(=O)OCCCCCCCCCCCCCCCCCCCCCCCCCCCCCCCCCC(=O)NC(CO)C(O)/C=C/CCCCCCCCCCCCCC. The molecule has 74 heavy (non-hydrogen) atoms. The lowest BCUT2D eigenvalue weighted by molar-refractivity contribution is -0.143. The zero-order chi connectivity index (χ0) is 53.6. The normalized spacial score (nSPS) is 12.6. The molecule has 0 spiro atoms. The number of ether oxygens (including phenoxy) is 1. The smallest absolute Gasteiger partial charge is 0.305 e. The van der Waals surface area contributed by atoms with Crippen LogP contribution in [0.15, 0.2) is 24.3 Å². The van der Waals surface area contributed by atoms with Crippen LogP contribution < -0.4 is 5.32 Å². The zero-order valence-electron chi connectivity index (χ0n) is 50.1. The molecular formula is C68H131NO5. The van der Waals surface area contributed by atoms with Crippen molar-refractivity contribution < 1.29 is 24.5 Å². The number of esters is 1. The Kier molecular flexibility index (Phi) is 62.4. The van der Waals surface area contributed by atoms with E-state index in [1.165, 1.54) is 302 Å². The lowest BCUT2D eigenvalue weighted by Crippen LogP contribution is -2.45. The van der Waals surface area contributed by atoms with Crippen molar-refractivity contribution in [3.8, 4) is 0 Å². The second-order valence-electron chi connectivity index (χ2n) is 23.2. The molecule has 0 heterocycles. The number of carbonyl (C=O) groups is 2. The van der Waals surface area contributed by atoms with Crippen molar-refractivity contribution in [2.45, 2.75) is 386 Å². The van der Waals surface area contributed by atoms with Crippen LogP contribution in [0.1, 0.15) is 373 Å². The van der Waals surface area contributed by atoms with Gasteiger partial charge in [-0.15, -0.1) is 0 Å². The first-order valence-electron chi connectivity index (χ1n) is 33.6. The first kappa shape index (κ1) is 72.3. The molecule has 0 radical (unpaired) electrons. The monoisotopic (exact) mass is 1040 g/mol. The van der Waals surface area contributed by atoms with E-state index in [0.29, 0.717) is 19.4 Å². The van der Waals surface area contributed by atoms with Gasteiger partial charge in [0.2, 0.25) is 5.91 Å². The number of carbonyl (C=O) groups excluding carboxylic acids is 2. The fraction of sp³-hybridized carbons (Fsp3) is 0.912. The maximum absolute atomic E-state index is 12.5. The predicted octanol–water partition coefficient (Wildman–Crippen LogP) is 21.4. The van der Waals surface area contributed by atoms with Crippen LogP contribution in [0.2, 0.25) is 0 Å². The third kappa shape index (κ3) is 59.6. The zero-order valence-corrected chi connectivity index (χ0v) is 50.1.